The van der Waals surface area contributed by atoms with Crippen molar-refractivity contribution in [2.75, 3.05) is 12.3 Å². The summed E-state index contributed by atoms with van der Waals surface area (Å²) in [6.45, 7) is 8.14. The van der Waals surface area contributed by atoms with Gasteiger partial charge in [-0.15, -0.1) is 0 Å². The van der Waals surface area contributed by atoms with Crippen LogP contribution in [0.25, 0.3) is 10.9 Å². The number of unbranched alkanes of at least 4 members (excludes halogenated alkanes) is 3. The number of nitrogens with zero attached hydrogens (tertiary/aromatic N) is 1. The van der Waals surface area contributed by atoms with Crippen LogP contribution in [0.1, 0.15) is 53.4 Å². The number of aryl methyl sites for hydroxylation is 1. The molecule has 0 atom stereocenters. The number of hydrogen-bond donors (Lipinski definition) is 1. The summed E-state index contributed by atoms with van der Waals surface area (Å²) in [5.74, 6) is -0.351. The maximum Gasteiger partial charge on any atom is 0.308 e. The van der Waals surface area contributed by atoms with Gasteiger partial charge < -0.3 is 19.8 Å². The Morgan fingerprint density at radius 1 is 1.14 bits per heavy atom. The zero-order valence-electron chi connectivity index (χ0n) is 17.2. The summed E-state index contributed by atoms with van der Waals surface area (Å²) in [6, 6.07) is 5.32. The SMILES string of the molecule is CCCCCCn1c(=O)c(OC(C)=O)c(OCC=C(C)C)c2ccc(N)cc21. The van der Waals surface area contributed by atoms with Gasteiger partial charge in [-0.25, -0.2) is 0 Å². The number of allylic oxidation sites excluding steroid dienone is 1. The minimum atomic E-state index is -0.559. The van der Waals surface area contributed by atoms with E-state index in [1.807, 2.05) is 19.9 Å². The lowest BCUT2D eigenvalue weighted by Crippen LogP contribution is -2.25. The molecule has 6 heteroatoms. The number of carbonyl (C=O) groups excluding carboxylic acids is 1. The molecule has 0 saturated heterocycles. The number of hydrogen-bond acceptors (Lipinski definition) is 5. The molecule has 0 unspecified atom stereocenters. The van der Waals surface area contributed by atoms with Crippen LogP contribution in [0.2, 0.25) is 0 Å². The molecule has 2 rings (SSSR count). The molecule has 0 aliphatic carbocycles. The molecule has 1 aromatic heterocycles. The molecule has 0 fully saturated rings. The number of nitrogens with two attached hydrogens (primary N) is 1. The minimum absolute atomic E-state index is 0.0672. The van der Waals surface area contributed by atoms with Crippen molar-refractivity contribution in [3.05, 3.63) is 40.2 Å². The predicted octanol–water partition coefficient (Wildman–Crippen LogP) is 4.43. The quantitative estimate of drug-likeness (QED) is 0.298. The number of ether oxygens (including phenoxy) is 2. The van der Waals surface area contributed by atoms with Gasteiger partial charge in [0.2, 0.25) is 5.75 Å². The summed E-state index contributed by atoms with van der Waals surface area (Å²) < 4.78 is 12.8. The van der Waals surface area contributed by atoms with Crippen molar-refractivity contribution in [1.29, 1.82) is 0 Å². The molecule has 0 amide bonds. The monoisotopic (exact) mass is 386 g/mol. The second-order valence-corrected chi connectivity index (χ2v) is 7.14. The molecule has 0 bridgehead atoms. The zero-order valence-corrected chi connectivity index (χ0v) is 17.2. The number of aromatic nitrogens is 1. The van der Waals surface area contributed by atoms with Crippen molar-refractivity contribution in [3.63, 3.8) is 0 Å². The van der Waals surface area contributed by atoms with E-state index < -0.39 is 5.97 Å². The van der Waals surface area contributed by atoms with Crippen LogP contribution in [0.3, 0.4) is 0 Å². The average Bonchev–Trinajstić information content (AvgIpc) is 2.62. The van der Waals surface area contributed by atoms with Crippen LogP contribution in [0.4, 0.5) is 5.69 Å². The van der Waals surface area contributed by atoms with Gasteiger partial charge in [-0.1, -0.05) is 31.8 Å². The summed E-state index contributed by atoms with van der Waals surface area (Å²) in [6.07, 6.45) is 5.99. The number of fused-ring (bicyclic) bond motifs is 1. The summed E-state index contributed by atoms with van der Waals surface area (Å²) in [5.41, 5.74) is 7.93. The molecule has 28 heavy (non-hydrogen) atoms. The van der Waals surface area contributed by atoms with Crippen molar-refractivity contribution < 1.29 is 14.3 Å². The van der Waals surface area contributed by atoms with Crippen LogP contribution < -0.4 is 20.8 Å². The van der Waals surface area contributed by atoms with Crippen molar-refractivity contribution in [2.45, 2.75) is 59.9 Å². The lowest BCUT2D eigenvalue weighted by atomic mass is 10.1. The fourth-order valence-corrected chi connectivity index (χ4v) is 3.00. The summed E-state index contributed by atoms with van der Waals surface area (Å²) in [4.78, 5) is 24.8. The number of pyridine rings is 1. The number of nitrogen functional groups attached to an aromatic ring is 1. The third kappa shape index (κ3) is 5.38. The Morgan fingerprint density at radius 2 is 1.89 bits per heavy atom. The van der Waals surface area contributed by atoms with Crippen LogP contribution in [0.15, 0.2) is 34.6 Å². The minimum Gasteiger partial charge on any atom is -0.485 e. The maximum absolute atomic E-state index is 13.2. The van der Waals surface area contributed by atoms with E-state index in [1.165, 1.54) is 6.92 Å². The average molecular weight is 386 g/mol. The van der Waals surface area contributed by atoms with Gasteiger partial charge in [0.05, 0.1) is 5.52 Å². The molecule has 0 saturated carbocycles. The van der Waals surface area contributed by atoms with E-state index in [1.54, 1.807) is 22.8 Å². The van der Waals surface area contributed by atoms with E-state index in [0.29, 0.717) is 23.1 Å². The second-order valence-electron chi connectivity index (χ2n) is 7.14. The normalized spacial score (nSPS) is 10.7. The smallest absolute Gasteiger partial charge is 0.308 e. The van der Waals surface area contributed by atoms with Crippen molar-refractivity contribution in [2.24, 2.45) is 0 Å². The molecule has 152 valence electrons. The third-order valence-corrected chi connectivity index (χ3v) is 4.40. The molecular weight excluding hydrogens is 356 g/mol. The fourth-order valence-electron chi connectivity index (χ4n) is 3.00. The van der Waals surface area contributed by atoms with Gasteiger partial charge >= 0.3 is 5.97 Å². The van der Waals surface area contributed by atoms with Gasteiger partial charge in [-0.05, 0) is 44.5 Å². The van der Waals surface area contributed by atoms with E-state index in [2.05, 4.69) is 6.92 Å². The predicted molar refractivity (Wildman–Crippen MR) is 113 cm³/mol. The Bertz CT molecular complexity index is 924. The highest BCUT2D eigenvalue weighted by Gasteiger charge is 2.21. The van der Waals surface area contributed by atoms with Gasteiger partial charge in [0.25, 0.3) is 5.56 Å². The van der Waals surface area contributed by atoms with Crippen molar-refractivity contribution >= 4 is 22.6 Å². The van der Waals surface area contributed by atoms with Crippen molar-refractivity contribution in [1.82, 2.24) is 4.57 Å². The molecule has 0 aliphatic rings. The highest BCUT2D eigenvalue weighted by molar-refractivity contribution is 5.90. The van der Waals surface area contributed by atoms with Crippen LogP contribution in [0.5, 0.6) is 11.5 Å². The van der Waals surface area contributed by atoms with Crippen LogP contribution in [-0.2, 0) is 11.3 Å². The van der Waals surface area contributed by atoms with E-state index in [-0.39, 0.29) is 23.7 Å². The molecule has 1 heterocycles. The van der Waals surface area contributed by atoms with Gasteiger partial charge in [0.15, 0.2) is 5.75 Å². The number of anilines is 1. The summed E-state index contributed by atoms with van der Waals surface area (Å²) in [7, 11) is 0. The highest BCUT2D eigenvalue weighted by atomic mass is 16.6. The Balaban J connectivity index is 2.62. The standard InChI is InChI=1S/C22H30N2O4/c1-5-6-7-8-12-24-19-14-17(23)9-10-18(19)20(27-13-11-15(2)3)21(22(24)26)28-16(4)25/h9-11,14H,5-8,12-13,23H2,1-4H3. The Morgan fingerprint density at radius 3 is 2.54 bits per heavy atom. The van der Waals surface area contributed by atoms with Gasteiger partial charge in [0, 0.05) is 24.5 Å². The Labute approximate surface area is 165 Å². The topological polar surface area (TPSA) is 83.5 Å². The van der Waals surface area contributed by atoms with Crippen LogP contribution >= 0.6 is 0 Å². The fraction of sp³-hybridized carbons (Fsp3) is 0.455. The molecule has 6 nitrogen and oxygen atoms in total. The molecule has 0 radical (unpaired) electrons. The number of benzene rings is 1. The van der Waals surface area contributed by atoms with Gasteiger partial charge in [-0.2, -0.15) is 0 Å². The van der Waals surface area contributed by atoms with Gasteiger partial charge in [0.1, 0.15) is 6.61 Å². The van der Waals surface area contributed by atoms with Crippen LogP contribution in [-0.4, -0.2) is 17.1 Å². The Kier molecular flexibility index (Phi) is 7.67. The molecule has 1 aromatic carbocycles. The van der Waals surface area contributed by atoms with Crippen molar-refractivity contribution in [3.8, 4) is 11.5 Å². The highest BCUT2D eigenvalue weighted by Crippen LogP contribution is 2.34. The Hall–Kier alpha value is -2.76. The lowest BCUT2D eigenvalue weighted by Gasteiger charge is -2.18. The maximum atomic E-state index is 13.2. The zero-order chi connectivity index (χ0) is 20.7. The first-order valence-corrected chi connectivity index (χ1v) is 9.75. The molecule has 0 aliphatic heterocycles. The first-order valence-electron chi connectivity index (χ1n) is 9.75. The summed E-state index contributed by atoms with van der Waals surface area (Å²) in [5, 5.41) is 0.697. The van der Waals surface area contributed by atoms with E-state index in [0.717, 1.165) is 31.3 Å². The summed E-state index contributed by atoms with van der Waals surface area (Å²) >= 11 is 0. The number of esters is 1. The van der Waals surface area contributed by atoms with E-state index >= 15 is 0 Å². The van der Waals surface area contributed by atoms with Gasteiger partial charge in [-0.3, -0.25) is 9.59 Å². The largest absolute Gasteiger partial charge is 0.485 e. The molecule has 2 aromatic rings. The second kappa shape index (κ2) is 9.97. The number of carbonyl (C=O) groups is 1. The third-order valence-electron chi connectivity index (χ3n) is 4.40. The molecule has 2 N–H and O–H groups in total. The lowest BCUT2D eigenvalue weighted by molar-refractivity contribution is -0.132. The van der Waals surface area contributed by atoms with E-state index in [4.69, 9.17) is 15.2 Å². The number of rotatable bonds is 9. The first-order chi connectivity index (χ1) is 13.3. The van der Waals surface area contributed by atoms with Crippen LogP contribution in [0, 0.1) is 0 Å². The van der Waals surface area contributed by atoms with E-state index in [9.17, 15) is 9.59 Å². The molecule has 0 spiro atoms. The first kappa shape index (κ1) is 21.5. The molecular formula is C22H30N2O4.